The molecule has 1 aromatic heterocycles. The van der Waals surface area contributed by atoms with Crippen molar-refractivity contribution in [2.45, 2.75) is 56.3 Å². The van der Waals surface area contributed by atoms with E-state index in [-0.39, 0.29) is 25.7 Å². The highest BCUT2D eigenvalue weighted by atomic mass is 32.2. The lowest BCUT2D eigenvalue weighted by atomic mass is 10.1. The Labute approximate surface area is 211 Å². The maximum Gasteiger partial charge on any atom is 0.326 e. The van der Waals surface area contributed by atoms with Gasteiger partial charge in [0.25, 0.3) is 0 Å². The number of primary amides is 2. The molecule has 16 heteroatoms. The topological polar surface area (TPSA) is 265 Å². The standard InChI is InChI=1S/C20H32N8O7S/c1-36-5-4-13(26-17(31)11(21)6-10-8-24-9-25-10)19(33)27-12(2-3-15(22)29)18(32)28-14(20(34)35)7-16(23)30/h8-9,11-14H,2-7,21H2,1H3,(H2,22,29)(H2,23,30)(H,24,25)(H,26,31)(H,27,33)(H,28,32)(H,34,35). The van der Waals surface area contributed by atoms with Crippen molar-refractivity contribution in [3.05, 3.63) is 18.2 Å². The van der Waals surface area contributed by atoms with Crippen LogP contribution in [0.2, 0.25) is 0 Å². The van der Waals surface area contributed by atoms with E-state index >= 15 is 0 Å². The lowest BCUT2D eigenvalue weighted by Crippen LogP contribution is -2.57. The summed E-state index contributed by atoms with van der Waals surface area (Å²) < 4.78 is 0. The molecule has 4 unspecified atom stereocenters. The average Bonchev–Trinajstić information content (AvgIpc) is 3.30. The second kappa shape index (κ2) is 15.4. The van der Waals surface area contributed by atoms with Gasteiger partial charge in [-0.1, -0.05) is 0 Å². The first-order valence-corrected chi connectivity index (χ1v) is 12.3. The van der Waals surface area contributed by atoms with E-state index < -0.39 is 66.1 Å². The Morgan fingerprint density at radius 2 is 1.56 bits per heavy atom. The first-order chi connectivity index (χ1) is 16.9. The summed E-state index contributed by atoms with van der Waals surface area (Å²) in [7, 11) is 0. The van der Waals surface area contributed by atoms with Crippen LogP contribution in [0.4, 0.5) is 0 Å². The fraction of sp³-hybridized carbons (Fsp3) is 0.550. The van der Waals surface area contributed by atoms with Crippen LogP contribution in [0.1, 0.15) is 31.4 Å². The number of hydrogen-bond donors (Lipinski definition) is 8. The minimum atomic E-state index is -1.64. The number of H-pyrrole nitrogens is 1. The predicted molar refractivity (Wildman–Crippen MR) is 129 cm³/mol. The number of aromatic nitrogens is 2. The quantitative estimate of drug-likeness (QED) is 0.0998. The lowest BCUT2D eigenvalue weighted by molar-refractivity contribution is -0.144. The summed E-state index contributed by atoms with van der Waals surface area (Å²) in [5.41, 5.74) is 16.7. The van der Waals surface area contributed by atoms with Gasteiger partial charge in [0.2, 0.25) is 29.5 Å². The van der Waals surface area contributed by atoms with Gasteiger partial charge in [0.05, 0.1) is 18.8 Å². The number of aliphatic carboxylic acids is 1. The van der Waals surface area contributed by atoms with Crippen molar-refractivity contribution in [2.24, 2.45) is 17.2 Å². The fourth-order valence-electron chi connectivity index (χ4n) is 3.01. The summed E-state index contributed by atoms with van der Waals surface area (Å²) in [6, 6.07) is -5.10. The Morgan fingerprint density at radius 1 is 0.972 bits per heavy atom. The number of amides is 5. The van der Waals surface area contributed by atoms with Crippen LogP contribution in [0.25, 0.3) is 0 Å². The normalized spacial score (nSPS) is 14.1. The van der Waals surface area contributed by atoms with Gasteiger partial charge in [0.1, 0.15) is 18.1 Å². The number of carboxylic acids is 1. The number of nitrogens with zero attached hydrogens (tertiary/aromatic N) is 1. The third kappa shape index (κ3) is 11.2. The number of nitrogens with one attached hydrogen (secondary N) is 4. The second-order valence-corrected chi connectivity index (χ2v) is 8.85. The minimum absolute atomic E-state index is 0.142. The van der Waals surface area contributed by atoms with Gasteiger partial charge in [-0.15, -0.1) is 0 Å². The lowest BCUT2D eigenvalue weighted by Gasteiger charge is -2.25. The third-order valence-electron chi connectivity index (χ3n) is 4.91. The first kappa shape index (κ1) is 30.4. The Morgan fingerprint density at radius 3 is 2.06 bits per heavy atom. The van der Waals surface area contributed by atoms with Crippen LogP contribution in [0, 0.1) is 0 Å². The predicted octanol–water partition coefficient (Wildman–Crippen LogP) is -3.29. The number of rotatable bonds is 17. The largest absolute Gasteiger partial charge is 0.480 e. The van der Waals surface area contributed by atoms with Gasteiger partial charge < -0.3 is 43.2 Å². The van der Waals surface area contributed by atoms with E-state index in [0.29, 0.717) is 11.4 Å². The molecule has 0 saturated heterocycles. The van der Waals surface area contributed by atoms with Crippen LogP contribution in [-0.4, -0.2) is 86.8 Å². The van der Waals surface area contributed by atoms with Gasteiger partial charge in [0, 0.05) is 24.7 Å². The van der Waals surface area contributed by atoms with E-state index in [4.69, 9.17) is 17.2 Å². The summed E-state index contributed by atoms with van der Waals surface area (Å²) in [6.45, 7) is 0. The molecule has 5 amide bonds. The van der Waals surface area contributed by atoms with Crippen molar-refractivity contribution in [3.63, 3.8) is 0 Å². The summed E-state index contributed by atoms with van der Waals surface area (Å²) in [6.07, 6.45) is 3.84. The van der Waals surface area contributed by atoms with E-state index in [1.54, 1.807) is 6.26 Å². The van der Waals surface area contributed by atoms with Gasteiger partial charge in [-0.2, -0.15) is 11.8 Å². The molecule has 0 aliphatic heterocycles. The Kier molecular flexibility index (Phi) is 13.0. The van der Waals surface area contributed by atoms with Crippen molar-refractivity contribution >= 4 is 47.3 Å². The molecule has 200 valence electrons. The number of carbonyl (C=O) groups is 6. The highest BCUT2D eigenvalue weighted by Gasteiger charge is 2.31. The molecule has 0 aliphatic carbocycles. The van der Waals surface area contributed by atoms with E-state index in [9.17, 15) is 33.9 Å². The molecule has 11 N–H and O–H groups in total. The average molecular weight is 529 g/mol. The zero-order valence-corrected chi connectivity index (χ0v) is 20.5. The van der Waals surface area contributed by atoms with Gasteiger partial charge >= 0.3 is 5.97 Å². The van der Waals surface area contributed by atoms with E-state index in [1.165, 1.54) is 24.3 Å². The van der Waals surface area contributed by atoms with Crippen molar-refractivity contribution < 1.29 is 33.9 Å². The van der Waals surface area contributed by atoms with Gasteiger partial charge in [-0.3, -0.25) is 24.0 Å². The highest BCUT2D eigenvalue weighted by Crippen LogP contribution is 2.06. The van der Waals surface area contributed by atoms with Crippen LogP contribution < -0.4 is 33.2 Å². The molecular formula is C20H32N8O7S. The van der Waals surface area contributed by atoms with Crippen molar-refractivity contribution in [1.29, 1.82) is 0 Å². The fourth-order valence-corrected chi connectivity index (χ4v) is 3.48. The summed E-state index contributed by atoms with van der Waals surface area (Å²) in [5, 5.41) is 16.3. The Hall–Kier alpha value is -3.66. The minimum Gasteiger partial charge on any atom is -0.480 e. The molecular weight excluding hydrogens is 496 g/mol. The van der Waals surface area contributed by atoms with Gasteiger partial charge in [-0.25, -0.2) is 9.78 Å². The molecule has 0 saturated carbocycles. The molecule has 1 rings (SSSR count). The van der Waals surface area contributed by atoms with Crippen LogP contribution >= 0.6 is 11.8 Å². The van der Waals surface area contributed by atoms with Crippen molar-refractivity contribution in [1.82, 2.24) is 25.9 Å². The molecule has 15 nitrogen and oxygen atoms in total. The second-order valence-electron chi connectivity index (χ2n) is 7.87. The van der Waals surface area contributed by atoms with Crippen LogP contribution in [0.3, 0.4) is 0 Å². The zero-order valence-electron chi connectivity index (χ0n) is 19.7. The number of carbonyl (C=O) groups excluding carboxylic acids is 5. The molecule has 0 aliphatic rings. The number of aromatic amines is 1. The molecule has 0 aromatic carbocycles. The Bertz CT molecular complexity index is 927. The van der Waals surface area contributed by atoms with E-state index in [0.717, 1.165) is 0 Å². The van der Waals surface area contributed by atoms with Gasteiger partial charge in [0.15, 0.2) is 0 Å². The molecule has 0 radical (unpaired) electrons. The zero-order chi connectivity index (χ0) is 27.3. The molecule has 1 heterocycles. The summed E-state index contributed by atoms with van der Waals surface area (Å²) in [4.78, 5) is 78.7. The van der Waals surface area contributed by atoms with Crippen molar-refractivity contribution in [2.75, 3.05) is 12.0 Å². The molecule has 1 aromatic rings. The molecule has 0 spiro atoms. The number of carboxylic acid groups (broad SMARTS) is 1. The summed E-state index contributed by atoms with van der Waals surface area (Å²) >= 11 is 1.42. The van der Waals surface area contributed by atoms with E-state index in [1.807, 2.05) is 0 Å². The van der Waals surface area contributed by atoms with Gasteiger partial charge in [-0.05, 0) is 24.9 Å². The number of hydrogen-bond acceptors (Lipinski definition) is 9. The highest BCUT2D eigenvalue weighted by molar-refractivity contribution is 7.98. The SMILES string of the molecule is CSCCC(NC(=O)C(N)Cc1cnc[nH]1)C(=O)NC(CCC(N)=O)C(=O)NC(CC(N)=O)C(=O)O. The first-order valence-electron chi connectivity index (χ1n) is 10.9. The van der Waals surface area contributed by atoms with Crippen LogP contribution in [-0.2, 0) is 35.2 Å². The third-order valence-corrected chi connectivity index (χ3v) is 5.55. The molecule has 0 fully saturated rings. The molecule has 4 atom stereocenters. The maximum atomic E-state index is 13.0. The molecule has 0 bridgehead atoms. The summed E-state index contributed by atoms with van der Waals surface area (Å²) in [5.74, 6) is -5.10. The molecule has 36 heavy (non-hydrogen) atoms. The monoisotopic (exact) mass is 528 g/mol. The number of thioether (sulfide) groups is 1. The smallest absolute Gasteiger partial charge is 0.326 e. The number of nitrogens with two attached hydrogens (primary N) is 3. The van der Waals surface area contributed by atoms with E-state index in [2.05, 4.69) is 25.9 Å². The number of imidazole rings is 1. The van der Waals surface area contributed by atoms with Crippen molar-refractivity contribution in [3.8, 4) is 0 Å². The van der Waals surface area contributed by atoms with Crippen LogP contribution in [0.15, 0.2) is 12.5 Å². The Balaban J connectivity index is 2.96. The van der Waals surface area contributed by atoms with Crippen LogP contribution in [0.5, 0.6) is 0 Å². The maximum absolute atomic E-state index is 13.0.